The zero-order valence-electron chi connectivity index (χ0n) is 21.3. The summed E-state index contributed by atoms with van der Waals surface area (Å²) in [5.74, 6) is -1.70. The second-order valence-corrected chi connectivity index (χ2v) is 9.41. The van der Waals surface area contributed by atoms with Gasteiger partial charge in [0.25, 0.3) is 5.84 Å². The summed E-state index contributed by atoms with van der Waals surface area (Å²) in [6, 6.07) is 13.9. The van der Waals surface area contributed by atoms with E-state index in [2.05, 4.69) is 27.5 Å². The summed E-state index contributed by atoms with van der Waals surface area (Å²) in [5.41, 5.74) is 10.00. The molecule has 3 aromatic carbocycles. The Morgan fingerprint density at radius 1 is 0.974 bits per heavy atom. The van der Waals surface area contributed by atoms with Crippen molar-refractivity contribution in [1.29, 1.82) is 0 Å². The van der Waals surface area contributed by atoms with Crippen LogP contribution < -0.4 is 26.7 Å². The minimum absolute atomic E-state index is 0.0519. The standard InChI is InChI=1S/C28H32F2N6O2/c1-35-7-9-36(10-8-35)22-3-4-23(26(17-22)33-6-11-37)28(38)34-27(32)24-15-18(2-5-25(24)31)12-19-13-20(29)16-21(30)14-19/h2-5,13-17,33,37H,6-12,31H2,1H3,(H2,32,34,38)/p+1. The van der Waals surface area contributed by atoms with Crippen LogP contribution in [-0.4, -0.2) is 68.1 Å². The summed E-state index contributed by atoms with van der Waals surface area (Å²) < 4.78 is 27.2. The molecular formula is C28H33F2N6O2+. The van der Waals surface area contributed by atoms with Gasteiger partial charge in [-0.1, -0.05) is 6.07 Å². The molecule has 200 valence electrons. The zero-order valence-corrected chi connectivity index (χ0v) is 21.3. The summed E-state index contributed by atoms with van der Waals surface area (Å²) in [5, 5.41) is 21.4. The van der Waals surface area contributed by atoms with Gasteiger partial charge >= 0.3 is 5.91 Å². The highest BCUT2D eigenvalue weighted by Crippen LogP contribution is 2.25. The van der Waals surface area contributed by atoms with Crippen LogP contribution >= 0.6 is 0 Å². The van der Waals surface area contributed by atoms with Gasteiger partial charge in [-0.05, 0) is 67.1 Å². The highest BCUT2D eigenvalue weighted by molar-refractivity contribution is 6.14. The Bertz CT molecular complexity index is 1300. The van der Waals surface area contributed by atoms with Gasteiger partial charge in [0.1, 0.15) is 11.6 Å². The number of halogens is 2. The number of rotatable bonds is 8. The molecule has 7 N–H and O–H groups in total. The average Bonchev–Trinajstić information content (AvgIpc) is 2.88. The van der Waals surface area contributed by atoms with Crippen molar-refractivity contribution in [2.45, 2.75) is 6.42 Å². The number of aliphatic hydroxyl groups excluding tert-OH is 1. The molecule has 1 heterocycles. The number of amidine groups is 1. The van der Waals surface area contributed by atoms with E-state index in [1.165, 1.54) is 12.1 Å². The van der Waals surface area contributed by atoms with Gasteiger partial charge in [-0.2, -0.15) is 0 Å². The van der Waals surface area contributed by atoms with Crippen LogP contribution in [0.3, 0.4) is 0 Å². The number of aliphatic hydroxyl groups is 1. The van der Waals surface area contributed by atoms with E-state index in [0.717, 1.165) is 43.5 Å². The number of amides is 1. The molecule has 10 heteroatoms. The average molecular weight is 524 g/mol. The molecule has 1 aliphatic heterocycles. The Balaban J connectivity index is 1.52. The first-order valence-electron chi connectivity index (χ1n) is 12.4. The molecule has 0 unspecified atom stereocenters. The number of anilines is 3. The molecule has 1 saturated heterocycles. The van der Waals surface area contributed by atoms with Crippen molar-refractivity contribution in [3.05, 3.63) is 88.5 Å². The molecule has 0 spiro atoms. The van der Waals surface area contributed by atoms with Gasteiger partial charge in [-0.25, -0.2) is 18.9 Å². The van der Waals surface area contributed by atoms with Gasteiger partial charge in [-0.3, -0.25) is 5.41 Å². The van der Waals surface area contributed by atoms with Crippen LogP contribution in [-0.2, 0) is 6.42 Å². The summed E-state index contributed by atoms with van der Waals surface area (Å²) in [6.07, 6.45) is 0.256. The lowest BCUT2D eigenvalue weighted by Gasteiger charge is -2.34. The number of carbonyl (C=O) groups excluding carboxylic acids is 1. The van der Waals surface area contributed by atoms with E-state index in [1.807, 2.05) is 12.1 Å². The second-order valence-electron chi connectivity index (χ2n) is 9.41. The van der Waals surface area contributed by atoms with E-state index in [-0.39, 0.29) is 25.4 Å². The minimum atomic E-state index is -0.654. The highest BCUT2D eigenvalue weighted by atomic mass is 19.1. The maximum absolute atomic E-state index is 13.6. The molecule has 0 aliphatic carbocycles. The smallest absolute Gasteiger partial charge is 0.341 e. The SMILES string of the molecule is CN1CCN(c2ccc(C(=O)NC(=[NH2+])c3cc(Cc4cc(F)cc(F)c4)ccc3N)c(NCCO)c2)CC1. The fourth-order valence-corrected chi connectivity index (χ4v) is 4.48. The number of benzene rings is 3. The molecule has 1 fully saturated rings. The molecule has 0 atom stereocenters. The zero-order chi connectivity index (χ0) is 27.2. The first kappa shape index (κ1) is 27.0. The molecule has 3 aromatic rings. The summed E-state index contributed by atoms with van der Waals surface area (Å²) in [7, 11) is 2.09. The molecule has 1 amide bonds. The third-order valence-electron chi connectivity index (χ3n) is 6.53. The predicted molar refractivity (Wildman–Crippen MR) is 145 cm³/mol. The summed E-state index contributed by atoms with van der Waals surface area (Å²) in [6.45, 7) is 3.83. The molecule has 0 saturated carbocycles. The Hall–Kier alpha value is -4.02. The van der Waals surface area contributed by atoms with Crippen molar-refractivity contribution < 1.29 is 24.1 Å². The number of nitrogens with zero attached hydrogens (tertiary/aromatic N) is 2. The van der Waals surface area contributed by atoms with Crippen LogP contribution in [0.15, 0.2) is 54.6 Å². The fraction of sp³-hybridized carbons (Fsp3) is 0.286. The van der Waals surface area contributed by atoms with Crippen LogP contribution in [0, 0.1) is 11.6 Å². The van der Waals surface area contributed by atoms with Crippen LogP contribution in [0.2, 0.25) is 0 Å². The van der Waals surface area contributed by atoms with Crippen molar-refractivity contribution in [2.75, 3.05) is 62.3 Å². The number of hydrogen-bond acceptors (Lipinski definition) is 6. The normalized spacial score (nSPS) is 13.8. The largest absolute Gasteiger partial charge is 0.398 e. The fourth-order valence-electron chi connectivity index (χ4n) is 4.48. The maximum Gasteiger partial charge on any atom is 0.341 e. The molecule has 0 aromatic heterocycles. The van der Waals surface area contributed by atoms with Crippen molar-refractivity contribution in [3.8, 4) is 0 Å². The lowest BCUT2D eigenvalue weighted by molar-refractivity contribution is -0.116. The van der Waals surface area contributed by atoms with Crippen LogP contribution in [0.1, 0.15) is 27.0 Å². The van der Waals surface area contributed by atoms with Crippen molar-refractivity contribution in [1.82, 2.24) is 10.2 Å². The number of nitrogens with one attached hydrogen (secondary N) is 2. The third kappa shape index (κ3) is 6.64. The molecule has 38 heavy (non-hydrogen) atoms. The Morgan fingerprint density at radius 3 is 2.37 bits per heavy atom. The molecule has 0 bridgehead atoms. The quantitative estimate of drug-likeness (QED) is 0.172. The number of hydrogen-bond donors (Lipinski definition) is 5. The molecule has 0 radical (unpaired) electrons. The van der Waals surface area contributed by atoms with Crippen LogP contribution in [0.4, 0.5) is 25.8 Å². The highest BCUT2D eigenvalue weighted by Gasteiger charge is 2.23. The van der Waals surface area contributed by atoms with E-state index in [0.29, 0.717) is 28.1 Å². The predicted octanol–water partition coefficient (Wildman–Crippen LogP) is 1.23. The Kier molecular flexibility index (Phi) is 8.55. The molecule has 4 rings (SSSR count). The number of carbonyl (C=O) groups is 1. The monoisotopic (exact) mass is 523 g/mol. The summed E-state index contributed by atoms with van der Waals surface area (Å²) >= 11 is 0. The number of nitrogen functional groups attached to an aromatic ring is 1. The van der Waals surface area contributed by atoms with E-state index in [4.69, 9.17) is 11.1 Å². The van der Waals surface area contributed by atoms with E-state index in [9.17, 15) is 18.7 Å². The van der Waals surface area contributed by atoms with E-state index >= 15 is 0 Å². The van der Waals surface area contributed by atoms with Gasteiger partial charge in [0.05, 0.1) is 23.4 Å². The second kappa shape index (κ2) is 12.0. The minimum Gasteiger partial charge on any atom is -0.398 e. The first-order chi connectivity index (χ1) is 18.2. The lowest BCUT2D eigenvalue weighted by Crippen LogP contribution is -2.51. The van der Waals surface area contributed by atoms with Gasteiger partial charge < -0.3 is 26.0 Å². The maximum atomic E-state index is 13.6. The van der Waals surface area contributed by atoms with Crippen molar-refractivity contribution >= 4 is 28.8 Å². The van der Waals surface area contributed by atoms with Crippen molar-refractivity contribution in [3.63, 3.8) is 0 Å². The van der Waals surface area contributed by atoms with Gasteiger partial charge in [-0.15, -0.1) is 0 Å². The number of likely N-dealkylation sites (N-methyl/N-ethyl adjacent to an activating group) is 1. The summed E-state index contributed by atoms with van der Waals surface area (Å²) in [4.78, 5) is 17.8. The topological polar surface area (TPSA) is 119 Å². The number of nitrogens with two attached hydrogens (primary N) is 2. The first-order valence-corrected chi connectivity index (χ1v) is 12.4. The Labute approximate surface area is 220 Å². The van der Waals surface area contributed by atoms with E-state index in [1.54, 1.807) is 24.3 Å². The van der Waals surface area contributed by atoms with Crippen molar-refractivity contribution in [2.24, 2.45) is 0 Å². The molecule has 1 aliphatic rings. The van der Waals surface area contributed by atoms with Gasteiger partial charge in [0, 0.05) is 50.2 Å². The Morgan fingerprint density at radius 2 is 1.68 bits per heavy atom. The van der Waals surface area contributed by atoms with Gasteiger partial charge in [0.15, 0.2) is 0 Å². The van der Waals surface area contributed by atoms with Crippen LogP contribution in [0.25, 0.3) is 0 Å². The van der Waals surface area contributed by atoms with Crippen LogP contribution in [0.5, 0.6) is 0 Å². The van der Waals surface area contributed by atoms with E-state index < -0.39 is 17.5 Å². The third-order valence-corrected chi connectivity index (χ3v) is 6.53. The lowest BCUT2D eigenvalue weighted by atomic mass is 10.0. The molecule has 8 nitrogen and oxygen atoms in total. The number of piperazine rings is 1. The molecular weight excluding hydrogens is 490 g/mol. The van der Waals surface area contributed by atoms with Gasteiger partial charge in [0.2, 0.25) is 0 Å².